The van der Waals surface area contributed by atoms with Gasteiger partial charge in [-0.15, -0.1) is 0 Å². The number of nitrogens with one attached hydrogen (secondary N) is 1. The van der Waals surface area contributed by atoms with Gasteiger partial charge in [-0.05, 0) is 25.5 Å². The van der Waals surface area contributed by atoms with Crippen molar-refractivity contribution in [3.63, 3.8) is 0 Å². The first kappa shape index (κ1) is 30.0. The summed E-state index contributed by atoms with van der Waals surface area (Å²) in [6.07, 6.45) is 12.6. The number of ether oxygens (including phenoxy) is 1. The highest BCUT2D eigenvalue weighted by molar-refractivity contribution is 5.98. The predicted octanol–water partition coefficient (Wildman–Crippen LogP) is 7.85. The third-order valence-electron chi connectivity index (χ3n) is 5.92. The minimum Gasteiger partial charge on any atom is -0.464 e. The molecule has 0 spiro atoms. The molecule has 1 N–H and O–H groups in total. The van der Waals surface area contributed by atoms with Gasteiger partial charge >= 0.3 is 12.1 Å². The number of halogens is 3. The average molecular weight is 486 g/mol. The zero-order valence-electron chi connectivity index (χ0n) is 20.9. The number of hydrogen-bond donors (Lipinski definition) is 1. The maximum Gasteiger partial charge on any atom is 0.417 e. The highest BCUT2D eigenvalue weighted by atomic mass is 19.4. The number of rotatable bonds is 18. The van der Waals surface area contributed by atoms with Gasteiger partial charge in [-0.2, -0.15) is 13.2 Å². The molecule has 0 unspecified atom stereocenters. The number of amides is 1. The van der Waals surface area contributed by atoms with Crippen molar-refractivity contribution in [1.29, 1.82) is 0 Å². The van der Waals surface area contributed by atoms with Crippen LogP contribution in [0.1, 0.15) is 120 Å². The molecule has 0 aliphatic heterocycles. The zero-order chi connectivity index (χ0) is 25.2. The van der Waals surface area contributed by atoms with E-state index in [1.54, 1.807) is 0 Å². The molecular formula is C27H42F3NO3. The first-order valence-electron chi connectivity index (χ1n) is 12.9. The predicted molar refractivity (Wildman–Crippen MR) is 130 cm³/mol. The molecule has 0 radical (unpaired) electrons. The van der Waals surface area contributed by atoms with E-state index in [1.807, 2.05) is 0 Å². The second-order valence-corrected chi connectivity index (χ2v) is 9.00. The summed E-state index contributed by atoms with van der Waals surface area (Å²) >= 11 is 0. The van der Waals surface area contributed by atoms with Crippen LogP contribution in [0.2, 0.25) is 0 Å². The Balaban J connectivity index is 2.09. The molecule has 1 atom stereocenters. The smallest absolute Gasteiger partial charge is 0.417 e. The molecule has 194 valence electrons. The van der Waals surface area contributed by atoms with Crippen LogP contribution in [0.5, 0.6) is 0 Å². The van der Waals surface area contributed by atoms with Crippen LogP contribution in [-0.4, -0.2) is 24.5 Å². The molecule has 1 rings (SSSR count). The van der Waals surface area contributed by atoms with Crippen molar-refractivity contribution in [3.8, 4) is 0 Å². The molecule has 4 nitrogen and oxygen atoms in total. The number of carbonyl (C=O) groups is 2. The van der Waals surface area contributed by atoms with Crippen LogP contribution in [0, 0.1) is 0 Å². The molecule has 0 fully saturated rings. The summed E-state index contributed by atoms with van der Waals surface area (Å²) in [5.74, 6) is -1.60. The number of carbonyl (C=O) groups excluding carboxylic acids is 2. The lowest BCUT2D eigenvalue weighted by atomic mass is 10.0. The van der Waals surface area contributed by atoms with E-state index in [-0.39, 0.29) is 6.61 Å². The number of benzene rings is 1. The summed E-state index contributed by atoms with van der Waals surface area (Å²) < 4.78 is 44.4. The van der Waals surface area contributed by atoms with E-state index in [0.29, 0.717) is 0 Å². The van der Waals surface area contributed by atoms with Gasteiger partial charge in [-0.25, -0.2) is 4.79 Å². The molecule has 1 aromatic rings. The van der Waals surface area contributed by atoms with Crippen LogP contribution in [0.3, 0.4) is 0 Å². The molecular weight excluding hydrogens is 443 g/mol. The molecule has 0 saturated carbocycles. The van der Waals surface area contributed by atoms with Gasteiger partial charge in [0.15, 0.2) is 0 Å². The molecule has 0 bridgehead atoms. The highest BCUT2D eigenvalue weighted by Gasteiger charge is 2.35. The molecule has 34 heavy (non-hydrogen) atoms. The lowest BCUT2D eigenvalue weighted by Crippen LogP contribution is -2.40. The van der Waals surface area contributed by atoms with Crippen LogP contribution in [-0.2, 0) is 15.7 Å². The lowest BCUT2D eigenvalue weighted by Gasteiger charge is -2.16. The van der Waals surface area contributed by atoms with Gasteiger partial charge in [0.25, 0.3) is 5.91 Å². The standard InChI is InChI=1S/C27H42F3NO3/c1-3-4-5-6-7-8-9-10-11-12-13-14-15-18-21-34-26(33)22(2)31-25(32)23-19-16-17-20-24(23)27(28,29)30/h16-17,19-20,22H,3-15,18,21H2,1-2H3,(H,31,32)/t22-/m0/s1. The molecule has 7 heteroatoms. The summed E-state index contributed by atoms with van der Waals surface area (Å²) in [7, 11) is 0. The highest BCUT2D eigenvalue weighted by Crippen LogP contribution is 2.31. The van der Waals surface area contributed by atoms with Gasteiger partial charge in [0, 0.05) is 0 Å². The molecule has 0 heterocycles. The number of alkyl halides is 3. The number of hydrogen-bond acceptors (Lipinski definition) is 3. The van der Waals surface area contributed by atoms with Gasteiger partial charge in [-0.3, -0.25) is 4.79 Å². The third-order valence-corrected chi connectivity index (χ3v) is 5.92. The van der Waals surface area contributed by atoms with E-state index in [0.717, 1.165) is 31.4 Å². The summed E-state index contributed by atoms with van der Waals surface area (Å²) in [6, 6.07) is 3.47. The van der Waals surface area contributed by atoms with Crippen molar-refractivity contribution in [3.05, 3.63) is 35.4 Å². The summed E-state index contributed by atoms with van der Waals surface area (Å²) in [4.78, 5) is 24.3. The van der Waals surface area contributed by atoms with Gasteiger partial charge in [0.2, 0.25) is 0 Å². The van der Waals surface area contributed by atoms with Crippen molar-refractivity contribution in [2.45, 2.75) is 116 Å². The fourth-order valence-electron chi connectivity index (χ4n) is 3.86. The fraction of sp³-hybridized carbons (Fsp3) is 0.704. The Labute approximate surface area is 203 Å². The maximum absolute atomic E-state index is 13.1. The van der Waals surface area contributed by atoms with E-state index >= 15 is 0 Å². The van der Waals surface area contributed by atoms with Crippen molar-refractivity contribution < 1.29 is 27.5 Å². The van der Waals surface area contributed by atoms with Crippen molar-refractivity contribution in [2.24, 2.45) is 0 Å². The molecule has 0 saturated heterocycles. The van der Waals surface area contributed by atoms with Crippen molar-refractivity contribution in [1.82, 2.24) is 5.32 Å². The number of esters is 1. The fourth-order valence-corrected chi connectivity index (χ4v) is 3.86. The average Bonchev–Trinajstić information content (AvgIpc) is 2.80. The summed E-state index contributed by atoms with van der Waals surface area (Å²) in [5, 5.41) is 2.30. The zero-order valence-corrected chi connectivity index (χ0v) is 20.9. The van der Waals surface area contributed by atoms with Crippen LogP contribution >= 0.6 is 0 Å². The van der Waals surface area contributed by atoms with Crippen LogP contribution in [0.4, 0.5) is 13.2 Å². The molecule has 0 aliphatic rings. The molecule has 0 aliphatic carbocycles. The van der Waals surface area contributed by atoms with Crippen LogP contribution in [0.25, 0.3) is 0 Å². The first-order valence-corrected chi connectivity index (χ1v) is 12.9. The minimum atomic E-state index is -4.65. The Morgan fingerprint density at radius 3 is 1.79 bits per heavy atom. The topological polar surface area (TPSA) is 55.4 Å². The Bertz CT molecular complexity index is 707. The van der Waals surface area contributed by atoms with E-state index < -0.39 is 35.2 Å². The Morgan fingerprint density at radius 1 is 0.824 bits per heavy atom. The first-order chi connectivity index (χ1) is 16.3. The van der Waals surface area contributed by atoms with Crippen LogP contribution < -0.4 is 5.32 Å². The molecule has 0 aromatic heterocycles. The van der Waals surface area contributed by atoms with Gasteiger partial charge in [-0.1, -0.05) is 103 Å². The quantitative estimate of drug-likeness (QED) is 0.170. The second kappa shape index (κ2) is 17.4. The van der Waals surface area contributed by atoms with Gasteiger partial charge in [0.05, 0.1) is 17.7 Å². The second-order valence-electron chi connectivity index (χ2n) is 9.00. The van der Waals surface area contributed by atoms with Gasteiger partial charge in [0.1, 0.15) is 6.04 Å². The van der Waals surface area contributed by atoms with Crippen LogP contribution in [0.15, 0.2) is 24.3 Å². The van der Waals surface area contributed by atoms with E-state index in [2.05, 4.69) is 12.2 Å². The van der Waals surface area contributed by atoms with Crippen molar-refractivity contribution >= 4 is 11.9 Å². The Morgan fingerprint density at radius 2 is 1.29 bits per heavy atom. The summed E-state index contributed by atoms with van der Waals surface area (Å²) in [6.45, 7) is 3.89. The maximum atomic E-state index is 13.1. The Kier molecular flexibility index (Phi) is 15.3. The largest absolute Gasteiger partial charge is 0.464 e. The lowest BCUT2D eigenvalue weighted by molar-refractivity contribution is -0.145. The van der Waals surface area contributed by atoms with E-state index in [9.17, 15) is 22.8 Å². The Hall–Kier alpha value is -2.05. The SMILES string of the molecule is CCCCCCCCCCCCCCCCOC(=O)[C@H](C)NC(=O)c1ccccc1C(F)(F)F. The van der Waals surface area contributed by atoms with Crippen molar-refractivity contribution in [2.75, 3.05) is 6.61 Å². The molecule has 1 aromatic carbocycles. The minimum absolute atomic E-state index is 0.246. The summed E-state index contributed by atoms with van der Waals surface area (Å²) in [5.41, 5.74) is -1.54. The van der Waals surface area contributed by atoms with Gasteiger partial charge < -0.3 is 10.1 Å². The normalized spacial score (nSPS) is 12.4. The third kappa shape index (κ3) is 13.0. The van der Waals surface area contributed by atoms with E-state index in [4.69, 9.17) is 4.74 Å². The van der Waals surface area contributed by atoms with E-state index in [1.165, 1.54) is 89.7 Å². The molecule has 1 amide bonds. The number of unbranched alkanes of at least 4 members (excludes halogenated alkanes) is 13. The monoisotopic (exact) mass is 485 g/mol.